The molecule has 1 fully saturated rings. The molecule has 1 heterocycles. The minimum Gasteiger partial charge on any atom is -0.481 e. The van der Waals surface area contributed by atoms with E-state index in [0.29, 0.717) is 6.42 Å². The average Bonchev–Trinajstić information content (AvgIpc) is 2.96. The molecule has 2 rings (SSSR count). The van der Waals surface area contributed by atoms with Crippen molar-refractivity contribution in [3.05, 3.63) is 35.9 Å². The molecule has 1 aliphatic heterocycles. The maximum Gasteiger partial charge on any atom is 0.311 e. The molecule has 0 aromatic heterocycles. The Bertz CT molecular complexity index is 506. The van der Waals surface area contributed by atoms with Gasteiger partial charge in [-0.25, -0.2) is 0 Å². The van der Waals surface area contributed by atoms with Crippen LogP contribution in [0.3, 0.4) is 0 Å². The molecule has 0 spiro atoms. The standard InChI is InChI=1S/C15H20N2O4/c1-17(13-9-21-8-11(13)15(19)20)14(18)12(16)7-10-5-3-2-4-6-10/h2-6,11-13H,7-9,16H2,1H3,(H,19,20)/t11?,12-,13?/m1/s1. The molecule has 21 heavy (non-hydrogen) atoms. The lowest BCUT2D eigenvalue weighted by atomic mass is 10.0. The Labute approximate surface area is 123 Å². The highest BCUT2D eigenvalue weighted by molar-refractivity contribution is 5.83. The lowest BCUT2D eigenvalue weighted by Gasteiger charge is -2.28. The van der Waals surface area contributed by atoms with Crippen molar-refractivity contribution in [1.82, 2.24) is 4.90 Å². The van der Waals surface area contributed by atoms with Crippen LogP contribution in [0.25, 0.3) is 0 Å². The summed E-state index contributed by atoms with van der Waals surface area (Å²) in [4.78, 5) is 24.9. The van der Waals surface area contributed by atoms with Crippen molar-refractivity contribution >= 4 is 11.9 Å². The highest BCUT2D eigenvalue weighted by Gasteiger charge is 2.39. The fourth-order valence-corrected chi connectivity index (χ4v) is 2.54. The minimum atomic E-state index is -0.950. The second-order valence-corrected chi connectivity index (χ2v) is 5.29. The monoisotopic (exact) mass is 292 g/mol. The molecule has 3 atom stereocenters. The average molecular weight is 292 g/mol. The summed E-state index contributed by atoms with van der Waals surface area (Å²) in [6.07, 6.45) is 0.426. The topological polar surface area (TPSA) is 92.9 Å². The van der Waals surface area contributed by atoms with E-state index in [1.54, 1.807) is 7.05 Å². The van der Waals surface area contributed by atoms with Crippen LogP contribution in [0, 0.1) is 5.92 Å². The minimum absolute atomic E-state index is 0.130. The summed E-state index contributed by atoms with van der Waals surface area (Å²) < 4.78 is 5.18. The predicted octanol–water partition coefficient (Wildman–Crippen LogP) is 0.114. The van der Waals surface area contributed by atoms with Crippen LogP contribution in [0.2, 0.25) is 0 Å². The molecule has 1 amide bonds. The van der Waals surface area contributed by atoms with Crippen molar-refractivity contribution in [1.29, 1.82) is 0 Å². The van der Waals surface area contributed by atoms with Crippen LogP contribution in [0.5, 0.6) is 0 Å². The Morgan fingerprint density at radius 2 is 2.05 bits per heavy atom. The van der Waals surface area contributed by atoms with Crippen LogP contribution in [0.4, 0.5) is 0 Å². The van der Waals surface area contributed by atoms with Gasteiger partial charge in [0.05, 0.1) is 25.3 Å². The van der Waals surface area contributed by atoms with Crippen LogP contribution in [0.15, 0.2) is 30.3 Å². The summed E-state index contributed by atoms with van der Waals surface area (Å²) in [5.41, 5.74) is 6.94. The Balaban J connectivity index is 2.00. The first-order valence-electron chi connectivity index (χ1n) is 6.87. The van der Waals surface area contributed by atoms with Crippen LogP contribution in [-0.4, -0.2) is 54.2 Å². The Hall–Kier alpha value is -1.92. The van der Waals surface area contributed by atoms with Gasteiger partial charge in [0, 0.05) is 7.05 Å². The number of aliphatic carboxylic acids is 1. The fraction of sp³-hybridized carbons (Fsp3) is 0.467. The molecule has 1 aromatic carbocycles. The summed E-state index contributed by atoms with van der Waals surface area (Å²) in [7, 11) is 1.59. The lowest BCUT2D eigenvalue weighted by molar-refractivity contribution is -0.144. The van der Waals surface area contributed by atoms with E-state index in [9.17, 15) is 9.59 Å². The highest BCUT2D eigenvalue weighted by atomic mass is 16.5. The zero-order chi connectivity index (χ0) is 15.4. The molecule has 1 aliphatic rings. The summed E-state index contributed by atoms with van der Waals surface area (Å²) in [6, 6.07) is 8.35. The second-order valence-electron chi connectivity index (χ2n) is 5.29. The van der Waals surface area contributed by atoms with Crippen molar-refractivity contribution in [2.45, 2.75) is 18.5 Å². The number of hydrogen-bond donors (Lipinski definition) is 2. The molecule has 6 nitrogen and oxygen atoms in total. The summed E-state index contributed by atoms with van der Waals surface area (Å²) in [5, 5.41) is 9.14. The molecule has 1 saturated heterocycles. The number of likely N-dealkylation sites (N-methyl/N-ethyl adjacent to an activating group) is 1. The summed E-state index contributed by atoms with van der Waals surface area (Å²) in [6.45, 7) is 0.364. The van der Waals surface area contributed by atoms with E-state index in [-0.39, 0.29) is 19.1 Å². The molecular formula is C15H20N2O4. The van der Waals surface area contributed by atoms with E-state index in [2.05, 4.69) is 0 Å². The van der Waals surface area contributed by atoms with Gasteiger partial charge in [-0.1, -0.05) is 30.3 Å². The molecule has 6 heteroatoms. The molecule has 0 saturated carbocycles. The Morgan fingerprint density at radius 1 is 1.38 bits per heavy atom. The molecule has 0 bridgehead atoms. The molecular weight excluding hydrogens is 272 g/mol. The van der Waals surface area contributed by atoms with Gasteiger partial charge in [-0.3, -0.25) is 9.59 Å². The van der Waals surface area contributed by atoms with E-state index >= 15 is 0 Å². The third-order valence-corrected chi connectivity index (χ3v) is 3.83. The van der Waals surface area contributed by atoms with Gasteiger partial charge in [0.25, 0.3) is 0 Å². The number of amides is 1. The van der Waals surface area contributed by atoms with E-state index in [4.69, 9.17) is 15.6 Å². The first kappa shape index (κ1) is 15.5. The third-order valence-electron chi connectivity index (χ3n) is 3.83. The first-order valence-corrected chi connectivity index (χ1v) is 6.87. The van der Waals surface area contributed by atoms with E-state index in [0.717, 1.165) is 5.56 Å². The smallest absolute Gasteiger partial charge is 0.311 e. The van der Waals surface area contributed by atoms with Gasteiger partial charge in [-0.05, 0) is 12.0 Å². The third kappa shape index (κ3) is 3.59. The number of rotatable bonds is 5. The molecule has 0 aliphatic carbocycles. The number of carboxylic acid groups (broad SMARTS) is 1. The zero-order valence-corrected chi connectivity index (χ0v) is 11.9. The summed E-state index contributed by atoms with van der Waals surface area (Å²) in [5.74, 6) is -1.91. The maximum absolute atomic E-state index is 12.4. The number of carbonyl (C=O) groups excluding carboxylic acids is 1. The number of nitrogens with zero attached hydrogens (tertiary/aromatic N) is 1. The normalized spacial score (nSPS) is 22.8. The zero-order valence-electron chi connectivity index (χ0n) is 11.9. The van der Waals surface area contributed by atoms with Gasteiger partial charge in [0.2, 0.25) is 5.91 Å². The highest BCUT2D eigenvalue weighted by Crippen LogP contribution is 2.20. The van der Waals surface area contributed by atoms with Gasteiger partial charge in [0.15, 0.2) is 0 Å². The quantitative estimate of drug-likeness (QED) is 0.804. The Kier molecular flexibility index (Phi) is 4.93. The fourth-order valence-electron chi connectivity index (χ4n) is 2.54. The van der Waals surface area contributed by atoms with Crippen LogP contribution < -0.4 is 5.73 Å². The maximum atomic E-state index is 12.4. The van der Waals surface area contributed by atoms with Crippen molar-refractivity contribution in [3.63, 3.8) is 0 Å². The van der Waals surface area contributed by atoms with Crippen LogP contribution in [0.1, 0.15) is 5.56 Å². The predicted molar refractivity (Wildman–Crippen MR) is 76.6 cm³/mol. The first-order chi connectivity index (χ1) is 10.0. The van der Waals surface area contributed by atoms with Crippen molar-refractivity contribution in [3.8, 4) is 0 Å². The molecule has 0 radical (unpaired) electrons. The van der Waals surface area contributed by atoms with Crippen LogP contribution >= 0.6 is 0 Å². The molecule has 114 valence electrons. The number of carboxylic acids is 1. The van der Waals surface area contributed by atoms with Crippen molar-refractivity contribution in [2.24, 2.45) is 11.7 Å². The summed E-state index contributed by atoms with van der Waals surface area (Å²) >= 11 is 0. The SMILES string of the molecule is CN(C(=O)[C@H](N)Cc1ccccc1)C1COCC1C(=O)O. The molecule has 3 N–H and O–H groups in total. The number of benzene rings is 1. The van der Waals surface area contributed by atoms with Gasteiger partial charge in [-0.15, -0.1) is 0 Å². The number of ether oxygens (including phenoxy) is 1. The number of carbonyl (C=O) groups is 2. The number of nitrogens with two attached hydrogens (primary N) is 1. The lowest BCUT2D eigenvalue weighted by Crippen LogP contribution is -2.51. The van der Waals surface area contributed by atoms with E-state index in [1.807, 2.05) is 30.3 Å². The van der Waals surface area contributed by atoms with Crippen molar-refractivity contribution in [2.75, 3.05) is 20.3 Å². The number of hydrogen-bond acceptors (Lipinski definition) is 4. The van der Waals surface area contributed by atoms with Gasteiger partial charge >= 0.3 is 5.97 Å². The second kappa shape index (κ2) is 6.69. The van der Waals surface area contributed by atoms with E-state index < -0.39 is 24.0 Å². The van der Waals surface area contributed by atoms with Gasteiger partial charge in [-0.2, -0.15) is 0 Å². The largest absolute Gasteiger partial charge is 0.481 e. The molecule has 2 unspecified atom stereocenters. The van der Waals surface area contributed by atoms with Gasteiger partial charge < -0.3 is 20.5 Å². The molecule has 1 aromatic rings. The van der Waals surface area contributed by atoms with Crippen LogP contribution in [-0.2, 0) is 20.7 Å². The Morgan fingerprint density at radius 3 is 2.67 bits per heavy atom. The van der Waals surface area contributed by atoms with E-state index in [1.165, 1.54) is 4.90 Å². The van der Waals surface area contributed by atoms with Gasteiger partial charge in [0.1, 0.15) is 5.92 Å². The van der Waals surface area contributed by atoms with Crippen molar-refractivity contribution < 1.29 is 19.4 Å².